The van der Waals surface area contributed by atoms with E-state index in [9.17, 15) is 0 Å². The summed E-state index contributed by atoms with van der Waals surface area (Å²) in [4.78, 5) is 12.0. The van der Waals surface area contributed by atoms with Crippen molar-refractivity contribution in [1.82, 2.24) is 25.1 Å². The number of aryl methyl sites for hydroxylation is 1. The Balaban J connectivity index is 0.00000121. The molecule has 3 heterocycles. The fraction of sp³-hybridized carbons (Fsp3) is 0.118. The smallest absolute Gasteiger partial charge is 0.265 e. The number of hydrazone groups is 1. The molecular weight excluding hydrogens is 373 g/mol. The number of hydrogen-bond acceptors (Lipinski definition) is 6. The van der Waals surface area contributed by atoms with E-state index in [0.717, 1.165) is 33.4 Å². The highest BCUT2D eigenvalue weighted by Gasteiger charge is 2.10. The minimum atomic E-state index is 0. The molecule has 0 saturated carbocycles. The first-order chi connectivity index (χ1) is 11.7. The van der Waals surface area contributed by atoms with Crippen LogP contribution in [0.3, 0.4) is 0 Å². The lowest BCUT2D eigenvalue weighted by atomic mass is 10.1. The molecule has 0 aliphatic rings. The SMILES string of the molecule is C/C(=N\Nc1nnc2c(n1)[nH]c1c(C)cccc12)c1ccccn1.Cl.Cl. The summed E-state index contributed by atoms with van der Waals surface area (Å²) in [5, 5.41) is 13.7. The Kier molecular flexibility index (Phi) is 6.07. The second kappa shape index (κ2) is 8.07. The van der Waals surface area contributed by atoms with E-state index >= 15 is 0 Å². The van der Waals surface area contributed by atoms with Gasteiger partial charge in [-0.05, 0) is 31.5 Å². The molecule has 4 aromatic rings. The number of pyridine rings is 1. The van der Waals surface area contributed by atoms with Gasteiger partial charge in [0.05, 0.1) is 16.9 Å². The van der Waals surface area contributed by atoms with Crippen molar-refractivity contribution in [3.63, 3.8) is 0 Å². The molecule has 7 nitrogen and oxygen atoms in total. The lowest BCUT2D eigenvalue weighted by Gasteiger charge is -2.01. The highest BCUT2D eigenvalue weighted by atomic mass is 35.5. The third-order valence-electron chi connectivity index (χ3n) is 3.82. The molecule has 0 fully saturated rings. The first-order valence-electron chi connectivity index (χ1n) is 7.56. The number of H-pyrrole nitrogens is 1. The Morgan fingerprint density at radius 1 is 1.08 bits per heavy atom. The standard InChI is InChI=1S/C17H15N7.2ClH/c1-10-6-5-7-12-14(10)19-16-15(12)22-24-17(20-16)23-21-11(2)13-8-3-4-9-18-13;;/h3-9H,1-2H3,(H2,19,20,23,24);2*1H/b21-11+;;. The zero-order valence-corrected chi connectivity index (χ0v) is 15.7. The lowest BCUT2D eigenvalue weighted by Crippen LogP contribution is -2.04. The molecular formula is C17H17Cl2N7. The second-order valence-corrected chi connectivity index (χ2v) is 5.48. The van der Waals surface area contributed by atoms with Gasteiger partial charge in [0.1, 0.15) is 5.52 Å². The molecule has 9 heteroatoms. The fourth-order valence-corrected chi connectivity index (χ4v) is 2.56. The van der Waals surface area contributed by atoms with Gasteiger partial charge in [0.25, 0.3) is 5.95 Å². The van der Waals surface area contributed by atoms with E-state index in [0.29, 0.717) is 11.6 Å². The van der Waals surface area contributed by atoms with E-state index in [4.69, 9.17) is 0 Å². The molecule has 134 valence electrons. The van der Waals surface area contributed by atoms with Crippen molar-refractivity contribution in [1.29, 1.82) is 0 Å². The molecule has 0 aliphatic heterocycles. The number of aromatic nitrogens is 5. The van der Waals surface area contributed by atoms with E-state index in [-0.39, 0.29) is 24.8 Å². The van der Waals surface area contributed by atoms with Gasteiger partial charge in [0.2, 0.25) is 0 Å². The quantitative estimate of drug-likeness (QED) is 0.409. The number of rotatable bonds is 3. The highest BCUT2D eigenvalue weighted by Crippen LogP contribution is 2.24. The predicted octanol–water partition coefficient (Wildman–Crippen LogP) is 3.89. The summed E-state index contributed by atoms with van der Waals surface area (Å²) in [6.07, 6.45) is 1.73. The Hall–Kier alpha value is -2.77. The summed E-state index contributed by atoms with van der Waals surface area (Å²) >= 11 is 0. The Labute approximate surface area is 162 Å². The molecule has 0 aliphatic carbocycles. The zero-order valence-electron chi connectivity index (χ0n) is 14.1. The number of nitrogens with zero attached hydrogens (tertiary/aromatic N) is 5. The Morgan fingerprint density at radius 2 is 1.92 bits per heavy atom. The summed E-state index contributed by atoms with van der Waals surface area (Å²) in [6, 6.07) is 11.7. The van der Waals surface area contributed by atoms with Crippen molar-refractivity contribution in [2.24, 2.45) is 5.10 Å². The molecule has 26 heavy (non-hydrogen) atoms. The number of fused-ring (bicyclic) bond motifs is 3. The lowest BCUT2D eigenvalue weighted by molar-refractivity contribution is 1.01. The van der Waals surface area contributed by atoms with Gasteiger partial charge in [0, 0.05) is 11.6 Å². The normalized spacial score (nSPS) is 11.1. The molecule has 1 aromatic carbocycles. The molecule has 0 atom stereocenters. The highest BCUT2D eigenvalue weighted by molar-refractivity contribution is 6.04. The van der Waals surface area contributed by atoms with Crippen LogP contribution in [0.4, 0.5) is 5.95 Å². The van der Waals surface area contributed by atoms with Crippen LogP contribution in [0.2, 0.25) is 0 Å². The number of anilines is 1. The minimum Gasteiger partial charge on any atom is -0.337 e. The van der Waals surface area contributed by atoms with Crippen LogP contribution in [0.25, 0.3) is 22.1 Å². The molecule has 0 bridgehead atoms. The van der Waals surface area contributed by atoms with Gasteiger partial charge in [-0.2, -0.15) is 10.1 Å². The molecule has 2 N–H and O–H groups in total. The van der Waals surface area contributed by atoms with E-state index in [1.54, 1.807) is 6.20 Å². The summed E-state index contributed by atoms with van der Waals surface area (Å²) in [6.45, 7) is 3.92. The average Bonchev–Trinajstić information content (AvgIpc) is 3.00. The number of benzene rings is 1. The van der Waals surface area contributed by atoms with Crippen LogP contribution in [0.5, 0.6) is 0 Å². The van der Waals surface area contributed by atoms with Crippen LogP contribution in [-0.2, 0) is 0 Å². The number of aromatic amines is 1. The van der Waals surface area contributed by atoms with Crippen molar-refractivity contribution in [2.75, 3.05) is 5.43 Å². The van der Waals surface area contributed by atoms with E-state index in [2.05, 4.69) is 35.7 Å². The number of hydrogen-bond donors (Lipinski definition) is 2. The van der Waals surface area contributed by atoms with Crippen LogP contribution < -0.4 is 5.43 Å². The summed E-state index contributed by atoms with van der Waals surface area (Å²) in [7, 11) is 0. The van der Waals surface area contributed by atoms with Crippen molar-refractivity contribution in [2.45, 2.75) is 13.8 Å². The third-order valence-corrected chi connectivity index (χ3v) is 3.82. The monoisotopic (exact) mass is 389 g/mol. The maximum Gasteiger partial charge on any atom is 0.265 e. The van der Waals surface area contributed by atoms with E-state index in [1.165, 1.54) is 0 Å². The van der Waals surface area contributed by atoms with Crippen molar-refractivity contribution < 1.29 is 0 Å². The molecule has 0 radical (unpaired) electrons. The number of nitrogens with one attached hydrogen (secondary N) is 2. The first kappa shape index (κ1) is 19.6. The maximum absolute atomic E-state index is 4.45. The summed E-state index contributed by atoms with van der Waals surface area (Å²) in [5.74, 6) is 0.335. The van der Waals surface area contributed by atoms with E-state index < -0.39 is 0 Å². The van der Waals surface area contributed by atoms with Gasteiger partial charge in [-0.3, -0.25) is 4.98 Å². The van der Waals surface area contributed by atoms with Gasteiger partial charge in [-0.25, -0.2) is 5.43 Å². The van der Waals surface area contributed by atoms with Crippen molar-refractivity contribution in [3.05, 3.63) is 53.9 Å². The second-order valence-electron chi connectivity index (χ2n) is 5.48. The number of para-hydroxylation sites is 1. The largest absolute Gasteiger partial charge is 0.337 e. The van der Waals surface area contributed by atoms with Crippen molar-refractivity contribution in [3.8, 4) is 0 Å². The van der Waals surface area contributed by atoms with E-state index in [1.807, 2.05) is 50.2 Å². The topological polar surface area (TPSA) is 91.7 Å². The first-order valence-corrected chi connectivity index (χ1v) is 7.56. The van der Waals surface area contributed by atoms with Crippen LogP contribution in [0, 0.1) is 6.92 Å². The minimum absolute atomic E-state index is 0. The van der Waals surface area contributed by atoms with Crippen LogP contribution >= 0.6 is 24.8 Å². The Morgan fingerprint density at radius 3 is 2.69 bits per heavy atom. The van der Waals surface area contributed by atoms with Gasteiger partial charge < -0.3 is 4.98 Å². The molecule has 0 saturated heterocycles. The van der Waals surface area contributed by atoms with Gasteiger partial charge in [-0.15, -0.1) is 35.0 Å². The third kappa shape index (κ3) is 3.58. The maximum atomic E-state index is 4.45. The number of halogens is 2. The van der Waals surface area contributed by atoms with Gasteiger partial charge in [0.15, 0.2) is 5.65 Å². The molecule has 0 spiro atoms. The molecule has 0 amide bonds. The molecule has 4 rings (SSSR count). The summed E-state index contributed by atoms with van der Waals surface area (Å²) in [5.41, 5.74) is 7.98. The van der Waals surface area contributed by atoms with Gasteiger partial charge in [-0.1, -0.05) is 24.3 Å². The average molecular weight is 390 g/mol. The zero-order chi connectivity index (χ0) is 16.5. The van der Waals surface area contributed by atoms with Crippen molar-refractivity contribution >= 4 is 58.5 Å². The van der Waals surface area contributed by atoms with Crippen LogP contribution in [-0.4, -0.2) is 30.9 Å². The summed E-state index contributed by atoms with van der Waals surface area (Å²) < 4.78 is 0. The Bertz CT molecular complexity index is 1060. The molecule has 3 aromatic heterocycles. The van der Waals surface area contributed by atoms with Crippen LogP contribution in [0.1, 0.15) is 18.2 Å². The van der Waals surface area contributed by atoms with Gasteiger partial charge >= 0.3 is 0 Å². The predicted molar refractivity (Wildman–Crippen MR) is 108 cm³/mol. The fourth-order valence-electron chi connectivity index (χ4n) is 2.56. The molecule has 0 unspecified atom stereocenters. The van der Waals surface area contributed by atoms with Crippen LogP contribution in [0.15, 0.2) is 47.7 Å².